The lowest BCUT2D eigenvalue weighted by Crippen LogP contribution is -2.30. The Morgan fingerprint density at radius 2 is 2.12 bits per heavy atom. The van der Waals surface area contributed by atoms with Gasteiger partial charge in [-0.2, -0.15) is 11.8 Å². The third-order valence-corrected chi connectivity index (χ3v) is 3.20. The van der Waals surface area contributed by atoms with Crippen molar-refractivity contribution in [3.05, 3.63) is 42.0 Å². The van der Waals surface area contributed by atoms with Gasteiger partial charge in [-0.15, -0.1) is 0 Å². The number of thioether (sulfide) groups is 1. The molecule has 17 heavy (non-hydrogen) atoms. The fraction of sp³-hybridized carbons (Fsp3) is 0.357. The van der Waals surface area contributed by atoms with Gasteiger partial charge in [-0.25, -0.2) is 0 Å². The van der Waals surface area contributed by atoms with Gasteiger partial charge in [-0.1, -0.05) is 49.4 Å². The van der Waals surface area contributed by atoms with Gasteiger partial charge in [0.15, 0.2) is 0 Å². The minimum atomic E-state index is 0.0788. The van der Waals surface area contributed by atoms with Crippen LogP contribution in [0.5, 0.6) is 0 Å². The number of carbonyl (C=O) groups excluding carboxylic acids is 1. The molecule has 1 amide bonds. The van der Waals surface area contributed by atoms with Crippen molar-refractivity contribution in [2.24, 2.45) is 5.92 Å². The van der Waals surface area contributed by atoms with E-state index in [1.807, 2.05) is 55.7 Å². The van der Waals surface area contributed by atoms with Gasteiger partial charge < -0.3 is 5.32 Å². The normalized spacial score (nSPS) is 12.6. The first-order chi connectivity index (χ1) is 8.24. The van der Waals surface area contributed by atoms with Crippen molar-refractivity contribution in [3.63, 3.8) is 0 Å². The predicted molar refractivity (Wildman–Crippen MR) is 76.0 cm³/mol. The topological polar surface area (TPSA) is 29.1 Å². The van der Waals surface area contributed by atoms with Crippen molar-refractivity contribution in [2.75, 3.05) is 18.6 Å². The zero-order chi connectivity index (χ0) is 12.5. The average Bonchev–Trinajstić information content (AvgIpc) is 2.36. The van der Waals surface area contributed by atoms with Crippen LogP contribution in [0, 0.1) is 5.92 Å². The van der Waals surface area contributed by atoms with Crippen LogP contribution in [0.2, 0.25) is 0 Å². The molecular formula is C14H19NOS. The number of amides is 1. The maximum Gasteiger partial charge on any atom is 0.223 e. The van der Waals surface area contributed by atoms with Crippen molar-refractivity contribution in [3.8, 4) is 0 Å². The standard InChI is InChI=1S/C14H19NOS/c1-12(11-17-2)14(16)15-10-6-9-13-7-4-3-5-8-13/h3-9,12H,10-11H2,1-2H3,(H,15,16)/b9-6+/t12-/m1/s1. The Hall–Kier alpha value is -1.22. The molecule has 0 aliphatic carbocycles. The highest BCUT2D eigenvalue weighted by molar-refractivity contribution is 7.98. The summed E-state index contributed by atoms with van der Waals surface area (Å²) in [5, 5.41) is 2.90. The van der Waals surface area contributed by atoms with Crippen LogP contribution in [0.1, 0.15) is 12.5 Å². The van der Waals surface area contributed by atoms with Crippen LogP contribution in [-0.4, -0.2) is 24.5 Å². The number of rotatable bonds is 6. The van der Waals surface area contributed by atoms with E-state index in [2.05, 4.69) is 5.32 Å². The Morgan fingerprint density at radius 3 is 2.76 bits per heavy atom. The molecule has 0 saturated heterocycles. The molecule has 0 bridgehead atoms. The summed E-state index contributed by atoms with van der Waals surface area (Å²) in [6.07, 6.45) is 6.00. The third kappa shape index (κ3) is 5.59. The smallest absolute Gasteiger partial charge is 0.223 e. The van der Waals surface area contributed by atoms with E-state index in [4.69, 9.17) is 0 Å². The number of carbonyl (C=O) groups is 1. The van der Waals surface area contributed by atoms with Crippen LogP contribution < -0.4 is 5.32 Å². The first-order valence-electron chi connectivity index (χ1n) is 5.72. The Balaban J connectivity index is 2.28. The average molecular weight is 249 g/mol. The minimum Gasteiger partial charge on any atom is -0.352 e. The van der Waals surface area contributed by atoms with Crippen LogP contribution in [0.4, 0.5) is 0 Å². The maximum absolute atomic E-state index is 11.6. The Bertz CT molecular complexity index is 362. The van der Waals surface area contributed by atoms with Gasteiger partial charge in [0.1, 0.15) is 0 Å². The molecule has 0 heterocycles. The molecule has 0 unspecified atom stereocenters. The third-order valence-electron chi connectivity index (χ3n) is 2.37. The number of benzene rings is 1. The highest BCUT2D eigenvalue weighted by Gasteiger charge is 2.09. The lowest BCUT2D eigenvalue weighted by molar-refractivity contribution is -0.123. The van der Waals surface area contributed by atoms with E-state index in [1.54, 1.807) is 11.8 Å². The van der Waals surface area contributed by atoms with E-state index in [1.165, 1.54) is 0 Å². The first-order valence-corrected chi connectivity index (χ1v) is 7.11. The second-order valence-electron chi connectivity index (χ2n) is 3.91. The van der Waals surface area contributed by atoms with E-state index in [0.29, 0.717) is 6.54 Å². The summed E-state index contributed by atoms with van der Waals surface area (Å²) >= 11 is 1.70. The molecule has 1 aromatic carbocycles. The van der Waals surface area contributed by atoms with Gasteiger partial charge in [0.25, 0.3) is 0 Å². The van der Waals surface area contributed by atoms with Gasteiger partial charge in [-0.05, 0) is 11.8 Å². The molecule has 92 valence electrons. The van der Waals surface area contributed by atoms with E-state index < -0.39 is 0 Å². The van der Waals surface area contributed by atoms with Crippen LogP contribution in [-0.2, 0) is 4.79 Å². The largest absolute Gasteiger partial charge is 0.352 e. The minimum absolute atomic E-state index is 0.0788. The summed E-state index contributed by atoms with van der Waals surface area (Å²) in [6, 6.07) is 10.1. The predicted octanol–water partition coefficient (Wildman–Crippen LogP) is 2.82. The molecule has 0 aliphatic heterocycles. The molecule has 0 spiro atoms. The zero-order valence-corrected chi connectivity index (χ0v) is 11.2. The zero-order valence-electron chi connectivity index (χ0n) is 10.3. The van der Waals surface area contributed by atoms with Crippen LogP contribution in [0.3, 0.4) is 0 Å². The van der Waals surface area contributed by atoms with Crippen LogP contribution in [0.15, 0.2) is 36.4 Å². The Kier molecular flexibility index (Phi) is 6.48. The lowest BCUT2D eigenvalue weighted by atomic mass is 10.2. The molecule has 0 aliphatic rings. The fourth-order valence-electron chi connectivity index (χ4n) is 1.42. The van der Waals surface area contributed by atoms with E-state index in [9.17, 15) is 4.79 Å². The molecule has 2 nitrogen and oxygen atoms in total. The van der Waals surface area contributed by atoms with Gasteiger partial charge in [0.05, 0.1) is 0 Å². The Labute approximate surface area is 107 Å². The lowest BCUT2D eigenvalue weighted by Gasteiger charge is -2.08. The van der Waals surface area contributed by atoms with Crippen molar-refractivity contribution in [1.29, 1.82) is 0 Å². The van der Waals surface area contributed by atoms with Gasteiger partial charge >= 0.3 is 0 Å². The number of nitrogens with one attached hydrogen (secondary N) is 1. The van der Waals surface area contributed by atoms with Crippen molar-refractivity contribution in [1.82, 2.24) is 5.32 Å². The summed E-state index contributed by atoms with van der Waals surface area (Å²) in [6.45, 7) is 2.54. The highest BCUT2D eigenvalue weighted by atomic mass is 32.2. The number of hydrogen-bond acceptors (Lipinski definition) is 2. The number of hydrogen-bond donors (Lipinski definition) is 1. The molecule has 0 fully saturated rings. The van der Waals surface area contributed by atoms with E-state index in [0.717, 1.165) is 11.3 Å². The monoisotopic (exact) mass is 249 g/mol. The molecule has 1 rings (SSSR count). The van der Waals surface area contributed by atoms with Gasteiger partial charge in [-0.3, -0.25) is 4.79 Å². The Morgan fingerprint density at radius 1 is 1.41 bits per heavy atom. The summed E-state index contributed by atoms with van der Waals surface area (Å²) in [4.78, 5) is 11.6. The SMILES string of the molecule is CSC[C@@H](C)C(=O)NC/C=C/c1ccccc1. The molecule has 1 N–H and O–H groups in total. The van der Waals surface area contributed by atoms with E-state index >= 15 is 0 Å². The van der Waals surface area contributed by atoms with Crippen LogP contribution >= 0.6 is 11.8 Å². The summed E-state index contributed by atoms with van der Waals surface area (Å²) in [5.74, 6) is 1.07. The van der Waals surface area contributed by atoms with Crippen molar-refractivity contribution >= 4 is 23.7 Å². The van der Waals surface area contributed by atoms with Crippen molar-refractivity contribution < 1.29 is 4.79 Å². The molecule has 0 aromatic heterocycles. The second kappa shape index (κ2) is 7.96. The highest BCUT2D eigenvalue weighted by Crippen LogP contribution is 2.04. The molecule has 1 aromatic rings. The maximum atomic E-state index is 11.6. The molecule has 1 atom stereocenters. The van der Waals surface area contributed by atoms with Crippen molar-refractivity contribution in [2.45, 2.75) is 6.92 Å². The van der Waals surface area contributed by atoms with Gasteiger partial charge in [0.2, 0.25) is 5.91 Å². The summed E-state index contributed by atoms with van der Waals surface area (Å²) in [5.41, 5.74) is 1.15. The molecule has 0 radical (unpaired) electrons. The molecule has 3 heteroatoms. The van der Waals surface area contributed by atoms with Gasteiger partial charge in [0, 0.05) is 18.2 Å². The summed E-state index contributed by atoms with van der Waals surface area (Å²) < 4.78 is 0. The second-order valence-corrected chi connectivity index (χ2v) is 4.83. The molecular weight excluding hydrogens is 230 g/mol. The van der Waals surface area contributed by atoms with E-state index in [-0.39, 0.29) is 11.8 Å². The summed E-state index contributed by atoms with van der Waals surface area (Å²) in [7, 11) is 0. The molecule has 0 saturated carbocycles. The fourth-order valence-corrected chi connectivity index (χ4v) is 2.07. The first kappa shape index (κ1) is 13.8. The quantitative estimate of drug-likeness (QED) is 0.840. The van der Waals surface area contributed by atoms with Crippen LogP contribution in [0.25, 0.3) is 6.08 Å².